The fourth-order valence-electron chi connectivity index (χ4n) is 2.08. The predicted molar refractivity (Wildman–Crippen MR) is 100 cm³/mol. The number of nitrogens with one attached hydrogen (secondary N) is 2. The van der Waals surface area contributed by atoms with Crippen LogP contribution in [0.3, 0.4) is 0 Å². The SMILES string of the molecule is [CH2]=[Co](=[CH2])(=[CH2])(=[CH2])(=[NH])(=[NH])(=[CH]c1ccccc1O)=[CH]c1ccccc1O. The van der Waals surface area contributed by atoms with Crippen LogP contribution in [0, 0.1) is 8.82 Å². The van der Waals surface area contributed by atoms with Crippen molar-refractivity contribution in [3.05, 3.63) is 59.7 Å². The van der Waals surface area contributed by atoms with Gasteiger partial charge in [0.2, 0.25) is 0 Å². The van der Waals surface area contributed by atoms with Crippen molar-refractivity contribution in [2.24, 2.45) is 0 Å². The summed E-state index contributed by atoms with van der Waals surface area (Å²) in [7, 11) is 0. The van der Waals surface area contributed by atoms with Gasteiger partial charge in [-0.2, -0.15) is 0 Å². The van der Waals surface area contributed by atoms with Crippen LogP contribution in [-0.2, 0) is 5.45 Å². The molecule has 0 aliphatic rings. The van der Waals surface area contributed by atoms with Crippen molar-refractivity contribution in [1.29, 1.82) is 8.82 Å². The van der Waals surface area contributed by atoms with Gasteiger partial charge in [0.05, 0.1) is 0 Å². The minimum absolute atomic E-state index is 0.136. The third-order valence-electron chi connectivity index (χ3n) is 2.93. The average Bonchev–Trinajstić information content (AvgIpc) is 2.32. The maximum absolute atomic E-state index is 10.0. The quantitative estimate of drug-likeness (QED) is 0.666. The van der Waals surface area contributed by atoms with E-state index in [9.17, 15) is 10.2 Å². The van der Waals surface area contributed by atoms with E-state index >= 15 is 0 Å². The number of hydrogen-bond donors (Lipinski definition) is 4. The van der Waals surface area contributed by atoms with Gasteiger partial charge in [-0.15, -0.1) is 0 Å². The average molecular weight is 357 g/mol. The number of benzene rings is 2. The van der Waals surface area contributed by atoms with E-state index in [0.29, 0.717) is 0 Å². The molecule has 0 aliphatic carbocycles. The molecule has 4 nitrogen and oxygen atoms in total. The van der Waals surface area contributed by atoms with Crippen LogP contribution in [-0.4, -0.2) is 42.0 Å². The molecule has 125 valence electrons. The van der Waals surface area contributed by atoms with Gasteiger partial charge >= 0.3 is 127 Å². The summed E-state index contributed by atoms with van der Waals surface area (Å²) in [6.45, 7) is 0. The molecule has 23 heavy (non-hydrogen) atoms. The van der Waals surface area contributed by atoms with Crippen molar-refractivity contribution in [2.75, 3.05) is 0 Å². The summed E-state index contributed by atoms with van der Waals surface area (Å²) < 4.78 is 18.1. The molecular weight excluding hydrogens is 335 g/mol. The molecule has 0 saturated carbocycles. The number of phenolic OH excluding ortho intramolecular Hbond substituents is 2. The Hall–Kier alpha value is -2.63. The zero-order valence-corrected chi connectivity index (χ0v) is 13.9. The van der Waals surface area contributed by atoms with E-state index in [0.717, 1.165) is 9.91 Å². The van der Waals surface area contributed by atoms with Gasteiger partial charge in [0.1, 0.15) is 0 Å². The Balaban J connectivity index is 3.41. The molecule has 0 unspecified atom stereocenters. The van der Waals surface area contributed by atoms with Crippen LogP contribution in [0.1, 0.15) is 11.1 Å². The first-order valence-corrected chi connectivity index (χ1v) is 11.5. The molecule has 2 rings (SSSR count). The van der Waals surface area contributed by atoms with Crippen LogP contribution >= 0.6 is 0 Å². The normalized spacial score (nSPS) is 18.4. The second-order valence-corrected chi connectivity index (χ2v) is 18.8. The molecule has 0 saturated heterocycles. The van der Waals surface area contributed by atoms with E-state index < -0.39 is 5.45 Å². The van der Waals surface area contributed by atoms with E-state index in [1.54, 1.807) is 24.3 Å². The Morgan fingerprint density at radius 3 is 1.30 bits per heavy atom. The summed E-state index contributed by atoms with van der Waals surface area (Å²) in [4.78, 5) is 2.16. The molecule has 0 aromatic heterocycles. The molecule has 0 aliphatic heterocycles. The Labute approximate surface area is 127 Å². The number of phenols is 2. The van der Waals surface area contributed by atoms with Gasteiger partial charge in [-0.25, -0.2) is 0 Å². The van der Waals surface area contributed by atoms with Crippen LogP contribution in [0.4, 0.5) is 0 Å². The Kier molecular flexibility index (Phi) is 2.12. The van der Waals surface area contributed by atoms with Crippen molar-refractivity contribution < 1.29 is 15.7 Å². The van der Waals surface area contributed by atoms with E-state index in [1.807, 2.05) is 0 Å². The Bertz CT molecular complexity index is 1770. The van der Waals surface area contributed by atoms with Crippen LogP contribution in [0.2, 0.25) is 0 Å². The second kappa shape index (κ2) is 2.91. The molecule has 0 bridgehead atoms. The summed E-state index contributed by atoms with van der Waals surface area (Å²) in [5.74, 6) is -0.271. The van der Waals surface area contributed by atoms with Gasteiger partial charge in [-0.05, 0) is 0 Å². The summed E-state index contributed by atoms with van der Waals surface area (Å²) in [6, 6.07) is 12.4. The van der Waals surface area contributed by atoms with Gasteiger partial charge in [0.25, 0.3) is 0 Å². The summed E-state index contributed by atoms with van der Waals surface area (Å²) in [6.07, 6.45) is 0. The molecule has 0 heterocycles. The summed E-state index contributed by atoms with van der Waals surface area (Å²) in [5, 5.41) is 20.0. The molecule has 0 spiro atoms. The summed E-state index contributed by atoms with van der Waals surface area (Å²) >= 11 is 0. The predicted octanol–water partition coefficient (Wildman–Crippen LogP) is 2.65. The van der Waals surface area contributed by atoms with E-state index in [1.165, 1.54) is 24.3 Å². The van der Waals surface area contributed by atoms with Crippen molar-refractivity contribution in [1.82, 2.24) is 0 Å². The minimum atomic E-state index is -6.71. The first kappa shape index (κ1) is 16.7. The topological polar surface area (TPSA) is 88.2 Å². The van der Waals surface area contributed by atoms with Crippen LogP contribution in [0.15, 0.2) is 48.5 Å². The standard InChI is InChI=1S/2C7H6O.4CH2.Co.2HN/c2*1-6-4-2-3-5-7(6)8;;;;;;;/h2*1-5,8H;4*1H2;;2*1H. The van der Waals surface area contributed by atoms with E-state index in [-0.39, 0.29) is 22.6 Å². The van der Waals surface area contributed by atoms with Gasteiger partial charge < -0.3 is 0 Å². The molecule has 0 amide bonds. The van der Waals surface area contributed by atoms with E-state index in [2.05, 4.69) is 21.8 Å². The second-order valence-electron chi connectivity index (χ2n) is 6.92. The molecule has 5 heteroatoms. The molecule has 2 aromatic carbocycles. The zero-order chi connectivity index (χ0) is 17.7. The number of para-hydroxylation sites is 2. The van der Waals surface area contributed by atoms with Gasteiger partial charge in [0.15, 0.2) is 0 Å². The number of rotatable bonds is 2. The molecule has 0 atom stereocenters. The zero-order valence-electron chi connectivity index (χ0n) is 12.8. The molecule has 2 aromatic rings. The number of aromatic hydroxyl groups is 2. The fourth-order valence-corrected chi connectivity index (χ4v) is 5.53. The van der Waals surface area contributed by atoms with Crippen molar-refractivity contribution in [2.45, 2.75) is 0 Å². The van der Waals surface area contributed by atoms with Crippen LogP contribution in [0.25, 0.3) is 0 Å². The first-order valence-electron chi connectivity index (χ1n) is 6.34. The van der Waals surface area contributed by atoms with Crippen molar-refractivity contribution in [3.63, 3.8) is 0 Å². The van der Waals surface area contributed by atoms with Gasteiger partial charge in [-0.3, -0.25) is 0 Å². The fraction of sp³-hybridized carbons (Fsp3) is 0. The Morgan fingerprint density at radius 2 is 1.00 bits per heavy atom. The summed E-state index contributed by atoms with van der Waals surface area (Å²) in [5.41, 5.74) is 8.70. The van der Waals surface area contributed by atoms with Crippen LogP contribution < -0.4 is 0 Å². The monoisotopic (exact) mass is 357 g/mol. The van der Waals surface area contributed by atoms with Crippen LogP contribution in [0.5, 0.6) is 11.5 Å². The molecule has 0 fully saturated rings. The van der Waals surface area contributed by atoms with Crippen molar-refractivity contribution >= 4 is 31.8 Å². The Morgan fingerprint density at radius 1 is 0.696 bits per heavy atom. The molecule has 0 radical (unpaired) electrons. The maximum atomic E-state index is 10.0. The van der Waals surface area contributed by atoms with Gasteiger partial charge in [0, 0.05) is 0 Å². The van der Waals surface area contributed by atoms with Crippen molar-refractivity contribution in [3.8, 4) is 11.5 Å². The third-order valence-corrected chi connectivity index (χ3v) is 6.22. The third kappa shape index (κ3) is 4.18. The first-order chi connectivity index (χ1) is 9.89. The number of hydrogen-bond acceptors (Lipinski definition) is 4. The molecular formula is C18H22CoN2O2. The van der Waals surface area contributed by atoms with E-state index in [4.69, 9.17) is 8.82 Å². The van der Waals surface area contributed by atoms with Gasteiger partial charge in [-0.1, -0.05) is 0 Å². The molecule has 4 N–H and O–H groups in total.